The van der Waals surface area contributed by atoms with Crippen molar-refractivity contribution in [3.8, 4) is 0 Å². The van der Waals surface area contributed by atoms with Crippen molar-refractivity contribution >= 4 is 28.5 Å². The Kier molecular flexibility index (Phi) is 3.69. The Morgan fingerprint density at radius 1 is 1.33 bits per heavy atom. The molecule has 0 aromatic heterocycles. The van der Waals surface area contributed by atoms with Crippen LogP contribution in [0.25, 0.3) is 0 Å². The van der Waals surface area contributed by atoms with Crippen molar-refractivity contribution in [3.63, 3.8) is 0 Å². The molecule has 1 fully saturated rings. The third-order valence-corrected chi connectivity index (χ3v) is 4.51. The summed E-state index contributed by atoms with van der Waals surface area (Å²) in [4.78, 5) is 4.59. The summed E-state index contributed by atoms with van der Waals surface area (Å²) >= 11 is 2.33. The van der Waals surface area contributed by atoms with Gasteiger partial charge < -0.3 is 4.74 Å². The summed E-state index contributed by atoms with van der Waals surface area (Å²) in [5.74, 6) is 2.45. The van der Waals surface area contributed by atoms with E-state index >= 15 is 0 Å². The van der Waals surface area contributed by atoms with Crippen molar-refractivity contribution in [2.24, 2.45) is 16.8 Å². The van der Waals surface area contributed by atoms with Crippen molar-refractivity contribution in [2.75, 3.05) is 6.61 Å². The molecule has 84 valence electrons. The van der Waals surface area contributed by atoms with Crippen LogP contribution in [-0.4, -0.2) is 16.6 Å². The fourth-order valence-electron chi connectivity index (χ4n) is 2.21. The van der Waals surface area contributed by atoms with E-state index in [9.17, 15) is 0 Å². The highest BCUT2D eigenvalue weighted by molar-refractivity contribution is 14.1. The highest BCUT2D eigenvalue weighted by Gasteiger charge is 2.27. The molecule has 0 aromatic carbocycles. The molecule has 0 aromatic rings. The van der Waals surface area contributed by atoms with Crippen LogP contribution in [-0.2, 0) is 4.74 Å². The number of aliphatic imine (C=N–C) groups is 1. The molecule has 3 heteroatoms. The van der Waals surface area contributed by atoms with Crippen LogP contribution in [0, 0.1) is 11.8 Å². The first-order chi connectivity index (χ1) is 7.16. The summed E-state index contributed by atoms with van der Waals surface area (Å²) in [5, 5.41) is 0. The maximum Gasteiger partial charge on any atom is 0.188 e. The fourth-order valence-corrected chi connectivity index (χ4v) is 2.66. The molecule has 0 radical (unpaired) electrons. The molecule has 1 aliphatic carbocycles. The SMILES string of the molecule is C=C1COC(C2CCC(C)CC2)=NC1I. The summed E-state index contributed by atoms with van der Waals surface area (Å²) in [6.45, 7) is 6.95. The smallest absolute Gasteiger partial charge is 0.188 e. The zero-order chi connectivity index (χ0) is 10.8. The first-order valence-corrected chi connectivity index (χ1v) is 6.93. The van der Waals surface area contributed by atoms with Gasteiger partial charge in [0.05, 0.1) is 0 Å². The lowest BCUT2D eigenvalue weighted by atomic mass is 9.83. The van der Waals surface area contributed by atoms with Crippen LogP contribution < -0.4 is 0 Å². The summed E-state index contributed by atoms with van der Waals surface area (Å²) < 4.78 is 5.91. The molecule has 2 nitrogen and oxygen atoms in total. The number of ether oxygens (including phenoxy) is 1. The van der Waals surface area contributed by atoms with E-state index in [2.05, 4.69) is 41.1 Å². The Morgan fingerprint density at radius 3 is 2.60 bits per heavy atom. The van der Waals surface area contributed by atoms with Gasteiger partial charge in [-0.25, -0.2) is 4.99 Å². The van der Waals surface area contributed by atoms with Gasteiger partial charge in [-0.2, -0.15) is 0 Å². The predicted octanol–water partition coefficient (Wildman–Crippen LogP) is 3.56. The second-order valence-corrected chi connectivity index (χ2v) is 5.89. The highest BCUT2D eigenvalue weighted by atomic mass is 127. The Balaban J connectivity index is 1.99. The monoisotopic (exact) mass is 319 g/mol. The summed E-state index contributed by atoms with van der Waals surface area (Å²) in [6, 6.07) is 0. The molecular weight excluding hydrogens is 301 g/mol. The molecule has 1 aliphatic heterocycles. The van der Waals surface area contributed by atoms with Gasteiger partial charge in [-0.05, 0) is 37.2 Å². The van der Waals surface area contributed by atoms with Gasteiger partial charge in [-0.1, -0.05) is 36.1 Å². The van der Waals surface area contributed by atoms with Crippen LogP contribution in [0.4, 0.5) is 0 Å². The Hall–Kier alpha value is -0.0600. The average Bonchev–Trinajstić information content (AvgIpc) is 2.23. The van der Waals surface area contributed by atoms with Gasteiger partial charge in [0, 0.05) is 5.92 Å². The van der Waals surface area contributed by atoms with Gasteiger partial charge in [0.15, 0.2) is 5.90 Å². The lowest BCUT2D eigenvalue weighted by molar-refractivity contribution is 0.256. The summed E-state index contributed by atoms with van der Waals surface area (Å²) in [6.07, 6.45) is 5.13. The Bertz CT molecular complexity index is 279. The minimum Gasteiger partial charge on any atom is -0.476 e. The van der Waals surface area contributed by atoms with Crippen molar-refractivity contribution in [2.45, 2.75) is 36.7 Å². The topological polar surface area (TPSA) is 21.6 Å². The van der Waals surface area contributed by atoms with E-state index in [1.165, 1.54) is 25.7 Å². The molecule has 15 heavy (non-hydrogen) atoms. The zero-order valence-corrected chi connectivity index (χ0v) is 11.4. The van der Waals surface area contributed by atoms with E-state index in [1.54, 1.807) is 0 Å². The quantitative estimate of drug-likeness (QED) is 0.313. The second-order valence-electron chi connectivity index (χ2n) is 4.71. The van der Waals surface area contributed by atoms with Gasteiger partial charge in [-0.15, -0.1) is 0 Å². The number of nitrogens with zero attached hydrogens (tertiary/aromatic N) is 1. The molecule has 1 heterocycles. The number of alkyl halides is 1. The molecule has 1 unspecified atom stereocenters. The molecule has 1 atom stereocenters. The second kappa shape index (κ2) is 4.85. The van der Waals surface area contributed by atoms with Crippen LogP contribution in [0.2, 0.25) is 0 Å². The lowest BCUT2D eigenvalue weighted by Crippen LogP contribution is -2.28. The number of hydrogen-bond acceptors (Lipinski definition) is 2. The first kappa shape index (κ1) is 11.4. The van der Waals surface area contributed by atoms with Crippen molar-refractivity contribution in [3.05, 3.63) is 12.2 Å². The molecule has 0 bridgehead atoms. The van der Waals surface area contributed by atoms with Crippen molar-refractivity contribution in [1.82, 2.24) is 0 Å². The van der Waals surface area contributed by atoms with E-state index in [-0.39, 0.29) is 4.05 Å². The van der Waals surface area contributed by atoms with Crippen LogP contribution in [0.3, 0.4) is 0 Å². The standard InChI is InChI=1S/C12H18INO/c1-8-3-5-10(6-4-8)12-14-11(13)9(2)7-15-12/h8,10-11H,2-7H2,1H3. The minimum atomic E-state index is 0.227. The number of rotatable bonds is 1. The van der Waals surface area contributed by atoms with Gasteiger partial charge >= 0.3 is 0 Å². The molecule has 2 aliphatic rings. The van der Waals surface area contributed by atoms with E-state index in [0.29, 0.717) is 12.5 Å². The number of hydrogen-bond donors (Lipinski definition) is 0. The zero-order valence-electron chi connectivity index (χ0n) is 9.21. The Morgan fingerprint density at radius 2 is 2.00 bits per heavy atom. The molecular formula is C12H18INO. The highest BCUT2D eigenvalue weighted by Crippen LogP contribution is 2.32. The van der Waals surface area contributed by atoms with E-state index in [4.69, 9.17) is 4.74 Å². The maximum absolute atomic E-state index is 5.68. The lowest BCUT2D eigenvalue weighted by Gasteiger charge is -2.30. The van der Waals surface area contributed by atoms with Gasteiger partial charge in [0.2, 0.25) is 0 Å². The largest absolute Gasteiger partial charge is 0.476 e. The van der Waals surface area contributed by atoms with Gasteiger partial charge in [0.25, 0.3) is 0 Å². The van der Waals surface area contributed by atoms with Gasteiger partial charge in [-0.3, -0.25) is 0 Å². The van der Waals surface area contributed by atoms with Crippen LogP contribution in [0.5, 0.6) is 0 Å². The minimum absolute atomic E-state index is 0.227. The van der Waals surface area contributed by atoms with Gasteiger partial charge in [0.1, 0.15) is 10.7 Å². The summed E-state index contributed by atoms with van der Waals surface area (Å²) in [5.41, 5.74) is 1.09. The first-order valence-electron chi connectivity index (χ1n) is 5.69. The molecule has 0 amide bonds. The third-order valence-electron chi connectivity index (χ3n) is 3.35. The van der Waals surface area contributed by atoms with Crippen molar-refractivity contribution < 1.29 is 4.74 Å². The predicted molar refractivity (Wildman–Crippen MR) is 71.5 cm³/mol. The molecule has 2 rings (SSSR count). The van der Waals surface area contributed by atoms with E-state index < -0.39 is 0 Å². The average molecular weight is 319 g/mol. The van der Waals surface area contributed by atoms with Crippen LogP contribution in [0.15, 0.2) is 17.1 Å². The molecule has 0 spiro atoms. The summed E-state index contributed by atoms with van der Waals surface area (Å²) in [7, 11) is 0. The van der Waals surface area contributed by atoms with E-state index in [0.717, 1.165) is 17.4 Å². The van der Waals surface area contributed by atoms with Crippen LogP contribution >= 0.6 is 22.6 Å². The third kappa shape index (κ3) is 2.74. The molecule has 0 N–H and O–H groups in total. The van der Waals surface area contributed by atoms with Crippen LogP contribution in [0.1, 0.15) is 32.6 Å². The number of halogens is 1. The van der Waals surface area contributed by atoms with E-state index in [1.807, 2.05) is 0 Å². The molecule has 0 saturated heterocycles. The van der Waals surface area contributed by atoms with Crippen molar-refractivity contribution in [1.29, 1.82) is 0 Å². The fraction of sp³-hybridized carbons (Fsp3) is 0.750. The maximum atomic E-state index is 5.68. The molecule has 1 saturated carbocycles. The normalized spacial score (nSPS) is 37.1. The Labute approximate surface area is 105 Å².